The molecule has 12 rings (SSSR count). The first-order chi connectivity index (χ1) is 30.6. The summed E-state index contributed by atoms with van der Waals surface area (Å²) in [5.41, 5.74) is 11.3. The van der Waals surface area contributed by atoms with Crippen molar-refractivity contribution in [2.45, 2.75) is 69.7 Å². The molecule has 2 saturated carbocycles. The summed E-state index contributed by atoms with van der Waals surface area (Å²) in [6.07, 6.45) is 11.2. The van der Waals surface area contributed by atoms with Crippen LogP contribution in [0.1, 0.15) is 102 Å². The largest absolute Gasteiger partial charge is 0.373 e. The van der Waals surface area contributed by atoms with Crippen molar-refractivity contribution >= 4 is 33.0 Å². The third-order valence-corrected chi connectivity index (χ3v) is 14.3. The van der Waals surface area contributed by atoms with Crippen molar-refractivity contribution in [2.75, 3.05) is 7.05 Å². The maximum Gasteiger partial charge on any atom is 0.214 e. The predicted octanol–water partition coefficient (Wildman–Crippen LogP) is 11.8. The van der Waals surface area contributed by atoms with E-state index in [1.807, 2.05) is 24.4 Å². The van der Waals surface area contributed by atoms with Crippen LogP contribution >= 0.6 is 0 Å². The Kier molecular flexibility index (Phi) is 9.29. The number of fused-ring (bicyclic) bond motifs is 6. The molecule has 4 bridgehead atoms. The molecular formula is C58H48N4O. The maximum atomic E-state index is 13.9. The number of hydrogen-bond acceptors (Lipinski definition) is 5. The Hall–Kier alpha value is -7.08. The summed E-state index contributed by atoms with van der Waals surface area (Å²) in [6, 6.07) is 42.8. The molecule has 0 N–H and O–H groups in total. The minimum Gasteiger partial charge on any atom is -0.373 e. The van der Waals surface area contributed by atoms with E-state index in [4.69, 9.17) is 4.99 Å². The summed E-state index contributed by atoms with van der Waals surface area (Å²) in [7, 11) is 2.24. The van der Waals surface area contributed by atoms with Crippen LogP contribution in [0.25, 0.3) is 32.9 Å². The average molecular weight is 817 g/mol. The van der Waals surface area contributed by atoms with E-state index in [9.17, 15) is 4.79 Å². The molecule has 0 spiro atoms. The molecular weight excluding hydrogens is 769 g/mol. The lowest BCUT2D eigenvalue weighted by atomic mass is 9.56. The van der Waals surface area contributed by atoms with Crippen LogP contribution < -0.4 is 0 Å². The maximum absolute atomic E-state index is 13.9. The standard InChI is InChI=1S/C58H48N4O/c1-57(2,3)41-23-17-37(18-24-41)21-27-48-44-11-5-7-13-46(44)49(47-14-8-6-12-45(47)48)28-22-38-19-25-42(26-20-38)58-33-39-31-40(34-58)52(62(4)43(32-39)35-58)36-61-55-50-15-9-29-59-53(50)54-51(56(55)63)16-10-30-60-54/h5-20,23-26,29-30,36,39-40,43H,31-35H2,1-4H3/b52-36-,61-55?/t39-,40-,43+,58-/m1/s1. The second-order valence-electron chi connectivity index (χ2n) is 19.1. The molecule has 0 amide bonds. The second kappa shape index (κ2) is 15.1. The summed E-state index contributed by atoms with van der Waals surface area (Å²) in [5, 5.41) is 4.47. The summed E-state index contributed by atoms with van der Waals surface area (Å²) >= 11 is 0. The molecule has 63 heavy (non-hydrogen) atoms. The molecule has 5 aliphatic rings. The van der Waals surface area contributed by atoms with Gasteiger partial charge in [-0.15, -0.1) is 0 Å². The van der Waals surface area contributed by atoms with Crippen molar-refractivity contribution in [3.05, 3.63) is 190 Å². The first-order valence-electron chi connectivity index (χ1n) is 22.3. The van der Waals surface area contributed by atoms with Gasteiger partial charge in [-0.2, -0.15) is 0 Å². The Morgan fingerprint density at radius 1 is 0.651 bits per heavy atom. The normalized spacial score (nSPS) is 22.3. The van der Waals surface area contributed by atoms with Crippen LogP contribution in [-0.2, 0) is 10.8 Å². The topological polar surface area (TPSA) is 58.5 Å². The summed E-state index contributed by atoms with van der Waals surface area (Å²) in [5.74, 6) is 15.2. The molecule has 2 aromatic heterocycles. The molecule has 4 fully saturated rings. The lowest BCUT2D eigenvalue weighted by Crippen LogP contribution is -2.44. The number of pyridine rings is 2. The molecule has 5 heteroatoms. The number of Topliss-reactive ketones (excluding diaryl/α,β-unsaturated/α-hetero) is 1. The number of carbonyl (C=O) groups is 1. The molecule has 2 aliphatic heterocycles. The lowest BCUT2D eigenvalue weighted by Gasteiger charge is -2.48. The number of rotatable bonds is 2. The summed E-state index contributed by atoms with van der Waals surface area (Å²) in [6.45, 7) is 6.71. The summed E-state index contributed by atoms with van der Waals surface area (Å²) in [4.78, 5) is 30.5. The van der Waals surface area contributed by atoms with Gasteiger partial charge in [0.1, 0.15) is 11.4 Å². The van der Waals surface area contributed by atoms with Gasteiger partial charge in [0.05, 0.1) is 11.3 Å². The van der Waals surface area contributed by atoms with E-state index in [0.29, 0.717) is 40.5 Å². The fourth-order valence-corrected chi connectivity index (χ4v) is 11.2. The second-order valence-corrected chi connectivity index (χ2v) is 19.1. The molecule has 5 aromatic carbocycles. The Morgan fingerprint density at radius 3 is 1.79 bits per heavy atom. The zero-order valence-corrected chi connectivity index (χ0v) is 36.2. The molecule has 306 valence electrons. The quantitative estimate of drug-likeness (QED) is 0.129. The minimum absolute atomic E-state index is 0.0825. The van der Waals surface area contributed by atoms with E-state index < -0.39 is 0 Å². The van der Waals surface area contributed by atoms with Crippen molar-refractivity contribution < 1.29 is 4.79 Å². The van der Waals surface area contributed by atoms with E-state index in [0.717, 1.165) is 68.6 Å². The summed E-state index contributed by atoms with van der Waals surface area (Å²) < 4.78 is 0. The van der Waals surface area contributed by atoms with Gasteiger partial charge in [0, 0.05) is 71.1 Å². The highest BCUT2D eigenvalue weighted by Crippen LogP contribution is 2.58. The Morgan fingerprint density at radius 2 is 1.21 bits per heavy atom. The van der Waals surface area contributed by atoms with Gasteiger partial charge < -0.3 is 4.90 Å². The SMILES string of the molecule is CN1/C(=C\N=C2C(=O)c3cccnc3-c3ncccc32)[C@@H]2C[C@@H]3C[C@H]1C[C@@](c1ccc(C#Cc4c5ccccc5c(C#Cc5ccc(C(C)(C)C)cc5)c5ccccc45)cc1)(C3)C2. The van der Waals surface area contributed by atoms with Crippen molar-refractivity contribution in [1.82, 2.24) is 14.9 Å². The van der Waals surface area contributed by atoms with Crippen LogP contribution in [-0.4, -0.2) is 39.5 Å². The van der Waals surface area contributed by atoms with E-state index in [1.165, 1.54) is 29.7 Å². The van der Waals surface area contributed by atoms with Gasteiger partial charge in [0.2, 0.25) is 5.78 Å². The minimum atomic E-state index is -0.0986. The van der Waals surface area contributed by atoms with Crippen molar-refractivity contribution in [3.8, 4) is 35.1 Å². The number of carbonyl (C=O) groups excluding carboxylic acids is 1. The van der Waals surface area contributed by atoms with Crippen LogP contribution in [0.5, 0.6) is 0 Å². The van der Waals surface area contributed by atoms with Gasteiger partial charge in [-0.1, -0.05) is 117 Å². The van der Waals surface area contributed by atoms with Gasteiger partial charge >= 0.3 is 0 Å². The third-order valence-electron chi connectivity index (χ3n) is 14.3. The van der Waals surface area contributed by atoms with Crippen LogP contribution in [0.4, 0.5) is 0 Å². The zero-order chi connectivity index (χ0) is 42.9. The Balaban J connectivity index is 0.899. The van der Waals surface area contributed by atoms with Crippen LogP contribution in [0.15, 0.2) is 151 Å². The van der Waals surface area contributed by atoms with E-state index in [1.54, 1.807) is 18.5 Å². The van der Waals surface area contributed by atoms with Crippen LogP contribution in [0.2, 0.25) is 0 Å². The first-order valence-corrected chi connectivity index (χ1v) is 22.3. The lowest BCUT2D eigenvalue weighted by molar-refractivity contribution is 0.104. The Labute approximate surface area is 370 Å². The average Bonchev–Trinajstić information content (AvgIpc) is 3.44. The van der Waals surface area contributed by atoms with E-state index >= 15 is 0 Å². The molecule has 0 radical (unpaired) electrons. The van der Waals surface area contributed by atoms with Crippen LogP contribution in [0.3, 0.4) is 0 Å². The van der Waals surface area contributed by atoms with Crippen molar-refractivity contribution in [3.63, 3.8) is 0 Å². The number of allylic oxidation sites excluding steroid dienone is 1. The highest BCUT2D eigenvalue weighted by molar-refractivity contribution is 6.54. The smallest absolute Gasteiger partial charge is 0.214 e. The van der Waals surface area contributed by atoms with Crippen molar-refractivity contribution in [1.29, 1.82) is 0 Å². The molecule has 0 unspecified atom stereocenters. The fraction of sp³-hybridized carbons (Fsp3) is 0.241. The highest BCUT2D eigenvalue weighted by atomic mass is 16.1. The van der Waals surface area contributed by atoms with Gasteiger partial charge in [0.15, 0.2) is 0 Å². The number of hydrogen-bond donors (Lipinski definition) is 0. The van der Waals surface area contributed by atoms with E-state index in [-0.39, 0.29) is 16.6 Å². The number of ketones is 1. The molecule has 4 heterocycles. The molecule has 2 saturated heterocycles. The number of aliphatic imine (C=N–C) groups is 1. The van der Waals surface area contributed by atoms with E-state index in [2.05, 4.69) is 163 Å². The van der Waals surface area contributed by atoms with Gasteiger partial charge in [-0.25, -0.2) is 0 Å². The number of nitrogens with zero attached hydrogens (tertiary/aromatic N) is 4. The molecule has 4 atom stereocenters. The Bertz CT molecular complexity index is 3140. The van der Waals surface area contributed by atoms with Gasteiger partial charge in [-0.05, 0) is 130 Å². The number of benzene rings is 5. The zero-order valence-electron chi connectivity index (χ0n) is 36.2. The van der Waals surface area contributed by atoms with Crippen LogP contribution in [0, 0.1) is 35.5 Å². The first kappa shape index (κ1) is 38.8. The predicted molar refractivity (Wildman–Crippen MR) is 255 cm³/mol. The fourth-order valence-electron chi connectivity index (χ4n) is 11.2. The molecule has 5 nitrogen and oxygen atoms in total. The molecule has 7 aromatic rings. The number of aromatic nitrogens is 2. The monoisotopic (exact) mass is 816 g/mol. The van der Waals surface area contributed by atoms with Gasteiger partial charge in [0.25, 0.3) is 0 Å². The third kappa shape index (κ3) is 6.75. The van der Waals surface area contributed by atoms with Gasteiger partial charge in [-0.3, -0.25) is 19.8 Å². The van der Waals surface area contributed by atoms with Crippen molar-refractivity contribution in [2.24, 2.45) is 16.8 Å². The molecule has 3 aliphatic carbocycles. The highest BCUT2D eigenvalue weighted by Gasteiger charge is 2.52.